The van der Waals surface area contributed by atoms with Crippen LogP contribution < -0.4 is 10.1 Å². The van der Waals surface area contributed by atoms with Gasteiger partial charge in [0.25, 0.3) is 5.91 Å². The van der Waals surface area contributed by atoms with Crippen LogP contribution in [0, 0.1) is 6.92 Å². The molecule has 22 heavy (non-hydrogen) atoms. The maximum absolute atomic E-state index is 12.0. The molecule has 1 aromatic heterocycles. The maximum Gasteiger partial charge on any atom is 0.260 e. The van der Waals surface area contributed by atoms with Crippen LogP contribution in [0.5, 0.6) is 5.75 Å². The number of aryl methyl sites for hydroxylation is 1. The van der Waals surface area contributed by atoms with Crippen molar-refractivity contribution in [1.29, 1.82) is 0 Å². The first kappa shape index (κ1) is 14.3. The third-order valence-corrected chi connectivity index (χ3v) is 3.55. The zero-order chi connectivity index (χ0) is 15.4. The van der Waals surface area contributed by atoms with E-state index in [1.54, 1.807) is 11.1 Å². The average molecular weight is 298 g/mol. The zero-order valence-corrected chi connectivity index (χ0v) is 12.4. The topological polar surface area (TPSA) is 67.3 Å². The van der Waals surface area contributed by atoms with Crippen LogP contribution in [0.4, 0.5) is 5.82 Å². The van der Waals surface area contributed by atoms with Crippen molar-refractivity contribution in [2.24, 2.45) is 0 Å². The zero-order valence-electron chi connectivity index (χ0n) is 12.4. The number of likely N-dealkylation sites (tertiary alicyclic amines) is 1. The molecule has 0 saturated carbocycles. The lowest BCUT2D eigenvalue weighted by molar-refractivity contribution is -0.137. The van der Waals surface area contributed by atoms with Crippen molar-refractivity contribution < 1.29 is 9.53 Å². The summed E-state index contributed by atoms with van der Waals surface area (Å²) in [4.78, 5) is 21.8. The first-order valence-electron chi connectivity index (χ1n) is 7.20. The molecule has 6 nitrogen and oxygen atoms in total. The van der Waals surface area contributed by atoms with Crippen molar-refractivity contribution in [1.82, 2.24) is 14.9 Å². The third kappa shape index (κ3) is 3.52. The molecular weight excluding hydrogens is 280 g/mol. The number of carbonyl (C=O) groups is 1. The Kier molecular flexibility index (Phi) is 4.18. The number of nitrogens with zero attached hydrogens (tertiary/aromatic N) is 3. The van der Waals surface area contributed by atoms with Crippen LogP contribution in [-0.2, 0) is 4.79 Å². The lowest BCUT2D eigenvalue weighted by atomic mass is 10.1. The van der Waals surface area contributed by atoms with E-state index in [1.165, 1.54) is 11.9 Å². The molecule has 1 aliphatic heterocycles. The van der Waals surface area contributed by atoms with Crippen LogP contribution in [-0.4, -0.2) is 46.5 Å². The van der Waals surface area contributed by atoms with E-state index in [4.69, 9.17) is 4.74 Å². The second-order valence-electron chi connectivity index (χ2n) is 5.34. The van der Waals surface area contributed by atoms with Gasteiger partial charge >= 0.3 is 0 Å². The second-order valence-corrected chi connectivity index (χ2v) is 5.34. The molecule has 1 saturated heterocycles. The number of aromatic nitrogens is 2. The van der Waals surface area contributed by atoms with Gasteiger partial charge in [-0.05, 0) is 25.1 Å². The predicted octanol–water partition coefficient (Wildman–Crippen LogP) is 1.49. The Morgan fingerprint density at radius 2 is 2.09 bits per heavy atom. The van der Waals surface area contributed by atoms with E-state index in [2.05, 4.69) is 15.3 Å². The molecule has 1 N–H and O–H groups in total. The quantitative estimate of drug-likeness (QED) is 0.906. The SMILES string of the molecule is Cc1ccc(OCC(=O)N2CC(Nc3ccncn3)C2)cc1. The summed E-state index contributed by atoms with van der Waals surface area (Å²) in [5.74, 6) is 1.50. The van der Waals surface area contributed by atoms with E-state index >= 15 is 0 Å². The summed E-state index contributed by atoms with van der Waals surface area (Å²) in [7, 11) is 0. The highest BCUT2D eigenvalue weighted by atomic mass is 16.5. The number of anilines is 1. The fraction of sp³-hybridized carbons (Fsp3) is 0.312. The summed E-state index contributed by atoms with van der Waals surface area (Å²) in [6.45, 7) is 3.42. The molecule has 2 heterocycles. The van der Waals surface area contributed by atoms with Crippen molar-refractivity contribution in [3.8, 4) is 5.75 Å². The average Bonchev–Trinajstić information content (AvgIpc) is 2.50. The molecule has 0 unspecified atom stereocenters. The number of carbonyl (C=O) groups excluding carboxylic acids is 1. The van der Waals surface area contributed by atoms with Gasteiger partial charge in [-0.25, -0.2) is 9.97 Å². The summed E-state index contributed by atoms with van der Waals surface area (Å²) in [6, 6.07) is 9.72. The molecule has 0 radical (unpaired) electrons. The van der Waals surface area contributed by atoms with Gasteiger partial charge < -0.3 is 15.0 Å². The maximum atomic E-state index is 12.0. The van der Waals surface area contributed by atoms with E-state index in [1.807, 2.05) is 37.3 Å². The van der Waals surface area contributed by atoms with Gasteiger partial charge in [-0.1, -0.05) is 17.7 Å². The van der Waals surface area contributed by atoms with Gasteiger partial charge in [0.15, 0.2) is 6.61 Å². The molecule has 3 rings (SSSR count). The summed E-state index contributed by atoms with van der Waals surface area (Å²) < 4.78 is 5.50. The van der Waals surface area contributed by atoms with Gasteiger partial charge in [-0.2, -0.15) is 0 Å². The molecule has 114 valence electrons. The standard InChI is InChI=1S/C16H18N4O2/c1-12-2-4-14(5-3-12)22-10-16(21)20-8-13(9-20)19-15-6-7-17-11-18-15/h2-7,11,13H,8-10H2,1H3,(H,17,18,19). The van der Waals surface area contributed by atoms with Crippen LogP contribution in [0.3, 0.4) is 0 Å². The van der Waals surface area contributed by atoms with Crippen LogP contribution in [0.2, 0.25) is 0 Å². The van der Waals surface area contributed by atoms with Gasteiger partial charge in [0.05, 0.1) is 6.04 Å². The fourth-order valence-corrected chi connectivity index (χ4v) is 2.23. The number of hydrogen-bond donors (Lipinski definition) is 1. The molecule has 2 aromatic rings. The first-order valence-corrected chi connectivity index (χ1v) is 7.20. The number of rotatable bonds is 5. The normalized spacial score (nSPS) is 14.3. The van der Waals surface area contributed by atoms with Gasteiger partial charge in [-0.15, -0.1) is 0 Å². The van der Waals surface area contributed by atoms with E-state index in [0.29, 0.717) is 13.1 Å². The Labute approximate surface area is 129 Å². The van der Waals surface area contributed by atoms with Crippen molar-refractivity contribution in [3.63, 3.8) is 0 Å². The summed E-state index contributed by atoms with van der Waals surface area (Å²) in [5.41, 5.74) is 1.17. The van der Waals surface area contributed by atoms with E-state index < -0.39 is 0 Å². The first-order chi connectivity index (χ1) is 10.7. The molecule has 0 atom stereocenters. The molecule has 0 bridgehead atoms. The third-order valence-electron chi connectivity index (χ3n) is 3.55. The Morgan fingerprint density at radius 1 is 1.32 bits per heavy atom. The monoisotopic (exact) mass is 298 g/mol. The lowest BCUT2D eigenvalue weighted by Gasteiger charge is -2.39. The van der Waals surface area contributed by atoms with Crippen LogP contribution >= 0.6 is 0 Å². The predicted molar refractivity (Wildman–Crippen MR) is 82.7 cm³/mol. The Morgan fingerprint density at radius 3 is 2.77 bits per heavy atom. The van der Waals surface area contributed by atoms with Crippen LogP contribution in [0.25, 0.3) is 0 Å². The number of ether oxygens (including phenoxy) is 1. The lowest BCUT2D eigenvalue weighted by Crippen LogP contribution is -2.58. The fourth-order valence-electron chi connectivity index (χ4n) is 2.23. The van der Waals surface area contributed by atoms with Crippen LogP contribution in [0.15, 0.2) is 42.9 Å². The van der Waals surface area contributed by atoms with Crippen molar-refractivity contribution in [2.45, 2.75) is 13.0 Å². The van der Waals surface area contributed by atoms with Gasteiger partial charge in [-0.3, -0.25) is 4.79 Å². The van der Waals surface area contributed by atoms with E-state index in [9.17, 15) is 4.79 Å². The van der Waals surface area contributed by atoms with Crippen molar-refractivity contribution >= 4 is 11.7 Å². The number of amides is 1. The Balaban J connectivity index is 1.41. The van der Waals surface area contributed by atoms with Gasteiger partial charge in [0.1, 0.15) is 17.9 Å². The molecule has 1 aromatic carbocycles. The van der Waals surface area contributed by atoms with Crippen LogP contribution in [0.1, 0.15) is 5.56 Å². The highest BCUT2D eigenvalue weighted by Gasteiger charge is 2.30. The Bertz CT molecular complexity index is 624. The number of hydrogen-bond acceptors (Lipinski definition) is 5. The highest BCUT2D eigenvalue weighted by Crippen LogP contribution is 2.15. The summed E-state index contributed by atoms with van der Waals surface area (Å²) >= 11 is 0. The molecule has 1 amide bonds. The molecule has 1 fully saturated rings. The minimum Gasteiger partial charge on any atom is -0.484 e. The van der Waals surface area contributed by atoms with E-state index in [0.717, 1.165) is 11.6 Å². The smallest absolute Gasteiger partial charge is 0.260 e. The summed E-state index contributed by atoms with van der Waals surface area (Å²) in [6.07, 6.45) is 3.19. The highest BCUT2D eigenvalue weighted by molar-refractivity contribution is 5.79. The second kappa shape index (κ2) is 6.43. The number of benzene rings is 1. The van der Waals surface area contributed by atoms with Gasteiger partial charge in [0.2, 0.25) is 0 Å². The molecular formula is C16H18N4O2. The largest absolute Gasteiger partial charge is 0.484 e. The minimum atomic E-state index is 0.00122. The Hall–Kier alpha value is -2.63. The molecule has 6 heteroatoms. The van der Waals surface area contributed by atoms with E-state index in [-0.39, 0.29) is 18.6 Å². The minimum absolute atomic E-state index is 0.00122. The van der Waals surface area contributed by atoms with Gasteiger partial charge in [0, 0.05) is 19.3 Å². The molecule has 1 aliphatic rings. The number of nitrogens with one attached hydrogen (secondary N) is 1. The van der Waals surface area contributed by atoms with Crippen molar-refractivity contribution in [3.05, 3.63) is 48.4 Å². The molecule has 0 spiro atoms. The molecule has 0 aliphatic carbocycles. The van der Waals surface area contributed by atoms with Crippen molar-refractivity contribution in [2.75, 3.05) is 25.0 Å². The summed E-state index contributed by atoms with van der Waals surface area (Å²) in [5, 5.41) is 3.26.